The molecule has 0 spiro atoms. The van der Waals surface area contributed by atoms with Gasteiger partial charge in [-0.2, -0.15) is 0 Å². The predicted octanol–water partition coefficient (Wildman–Crippen LogP) is 7.16. The molecule has 1 heterocycles. The predicted molar refractivity (Wildman–Crippen MR) is 196 cm³/mol. The molecule has 0 aromatic heterocycles. The zero-order valence-electron chi connectivity index (χ0n) is 31.1. The molecule has 0 saturated carbocycles. The molecule has 6 unspecified atom stereocenters. The van der Waals surface area contributed by atoms with Crippen LogP contribution in [0.25, 0.3) is 0 Å². The molecule has 10 nitrogen and oxygen atoms in total. The second-order valence-corrected chi connectivity index (χ2v) is 13.4. The number of allylic oxidation sites excluding steroid dienone is 6. The van der Waals surface area contributed by atoms with Gasteiger partial charge in [0.1, 0.15) is 31.0 Å². The molecule has 0 aliphatic carbocycles. The first kappa shape index (κ1) is 45.9. The first-order chi connectivity index (χ1) is 24.3. The fraction of sp³-hybridized carbons (Fsp3) is 0.800. The number of esters is 2. The number of ether oxygens (including phenoxy) is 4. The van der Waals surface area contributed by atoms with Crippen molar-refractivity contribution in [3.63, 3.8) is 0 Å². The van der Waals surface area contributed by atoms with Crippen molar-refractivity contribution in [2.24, 2.45) is 0 Å². The molecule has 0 amide bonds. The zero-order chi connectivity index (χ0) is 36.7. The Morgan fingerprint density at radius 2 is 1.12 bits per heavy atom. The molecule has 10 heteroatoms. The summed E-state index contributed by atoms with van der Waals surface area (Å²) in [6.07, 6.45) is 26.1. The summed E-state index contributed by atoms with van der Waals surface area (Å²) in [6.45, 7) is 3.29. The number of carbonyl (C=O) groups is 2. The minimum Gasteiger partial charge on any atom is -0.462 e. The maximum Gasteiger partial charge on any atom is 0.306 e. The van der Waals surface area contributed by atoms with Gasteiger partial charge in [-0.1, -0.05) is 121 Å². The summed E-state index contributed by atoms with van der Waals surface area (Å²) in [5.74, 6) is -0.834. The number of aliphatic hydroxyl groups is 4. The van der Waals surface area contributed by atoms with Crippen molar-refractivity contribution in [2.75, 3.05) is 19.8 Å². The van der Waals surface area contributed by atoms with Crippen LogP contribution in [0.3, 0.4) is 0 Å². The van der Waals surface area contributed by atoms with E-state index in [0.29, 0.717) is 6.42 Å². The molecular formula is C40H70O10. The minimum atomic E-state index is -1.59. The summed E-state index contributed by atoms with van der Waals surface area (Å²) in [7, 11) is 0. The normalized spacial score (nSPS) is 21.8. The van der Waals surface area contributed by atoms with Crippen LogP contribution in [-0.2, 0) is 28.5 Å². The summed E-state index contributed by atoms with van der Waals surface area (Å²) >= 11 is 0. The Bertz CT molecular complexity index is 918. The van der Waals surface area contributed by atoms with Crippen LogP contribution in [0.2, 0.25) is 0 Å². The van der Waals surface area contributed by atoms with Gasteiger partial charge in [-0.3, -0.25) is 9.59 Å². The minimum absolute atomic E-state index is 0.215. The van der Waals surface area contributed by atoms with E-state index in [1.54, 1.807) is 0 Å². The third kappa shape index (κ3) is 23.4. The van der Waals surface area contributed by atoms with Crippen molar-refractivity contribution in [1.82, 2.24) is 0 Å². The van der Waals surface area contributed by atoms with E-state index in [-0.39, 0.29) is 26.1 Å². The number of aliphatic hydroxyl groups excluding tert-OH is 4. The van der Waals surface area contributed by atoms with Crippen molar-refractivity contribution in [3.8, 4) is 0 Å². The third-order valence-electron chi connectivity index (χ3n) is 8.78. The van der Waals surface area contributed by atoms with E-state index in [1.807, 2.05) is 0 Å². The summed E-state index contributed by atoms with van der Waals surface area (Å²) in [6, 6.07) is 0. The molecule has 1 aliphatic heterocycles. The highest BCUT2D eigenvalue weighted by Crippen LogP contribution is 2.22. The average molecular weight is 711 g/mol. The summed E-state index contributed by atoms with van der Waals surface area (Å²) in [4.78, 5) is 25.0. The Morgan fingerprint density at radius 3 is 1.72 bits per heavy atom. The lowest BCUT2D eigenvalue weighted by Crippen LogP contribution is -2.59. The number of unbranched alkanes of at least 4 members (excludes halogenated alkanes) is 14. The van der Waals surface area contributed by atoms with E-state index in [1.165, 1.54) is 32.1 Å². The fourth-order valence-electron chi connectivity index (χ4n) is 5.60. The van der Waals surface area contributed by atoms with Gasteiger partial charge >= 0.3 is 11.9 Å². The highest BCUT2D eigenvalue weighted by molar-refractivity contribution is 5.70. The molecule has 1 aliphatic rings. The Morgan fingerprint density at radius 1 is 0.620 bits per heavy atom. The molecule has 1 fully saturated rings. The SMILES string of the molecule is CCCCC/C=C\C/C=C\C/C=C\CCCCCCCCC(=O)OC(COC(=O)CCCCCCCC)COC1OC(CO)C(O)C(O)C1O. The lowest BCUT2D eigenvalue weighted by molar-refractivity contribution is -0.305. The van der Waals surface area contributed by atoms with Gasteiger partial charge in [0, 0.05) is 12.8 Å². The first-order valence-electron chi connectivity index (χ1n) is 19.6. The highest BCUT2D eigenvalue weighted by Gasteiger charge is 2.44. The van der Waals surface area contributed by atoms with Crippen LogP contribution in [0.1, 0.15) is 149 Å². The smallest absolute Gasteiger partial charge is 0.306 e. The highest BCUT2D eigenvalue weighted by atomic mass is 16.7. The zero-order valence-corrected chi connectivity index (χ0v) is 31.1. The van der Waals surface area contributed by atoms with Crippen molar-refractivity contribution < 1.29 is 49.0 Å². The molecule has 4 N–H and O–H groups in total. The van der Waals surface area contributed by atoms with Crippen LogP contribution in [-0.4, -0.2) is 89.0 Å². The molecular weight excluding hydrogens is 640 g/mol. The second-order valence-electron chi connectivity index (χ2n) is 13.4. The summed E-state index contributed by atoms with van der Waals surface area (Å²) < 4.78 is 21.9. The van der Waals surface area contributed by atoms with E-state index in [0.717, 1.165) is 83.5 Å². The van der Waals surface area contributed by atoms with E-state index in [2.05, 4.69) is 50.3 Å². The van der Waals surface area contributed by atoms with E-state index in [4.69, 9.17) is 18.9 Å². The quantitative estimate of drug-likeness (QED) is 0.0331. The van der Waals surface area contributed by atoms with Gasteiger partial charge in [-0.25, -0.2) is 0 Å². The van der Waals surface area contributed by atoms with Crippen molar-refractivity contribution in [1.29, 1.82) is 0 Å². The van der Waals surface area contributed by atoms with Crippen LogP contribution < -0.4 is 0 Å². The lowest BCUT2D eigenvalue weighted by Gasteiger charge is -2.39. The molecule has 290 valence electrons. The summed E-state index contributed by atoms with van der Waals surface area (Å²) in [5, 5.41) is 39.8. The largest absolute Gasteiger partial charge is 0.462 e. The first-order valence-corrected chi connectivity index (χ1v) is 19.6. The van der Waals surface area contributed by atoms with Crippen molar-refractivity contribution in [3.05, 3.63) is 36.5 Å². The standard InChI is InChI=1S/C40H70O10/c1-3-5-7-9-11-12-13-14-15-16-17-18-19-20-21-22-23-25-27-29-36(43)49-33(31-47-35(42)28-26-24-10-8-6-4-2)32-48-40-39(46)38(45)37(44)34(30-41)50-40/h11-12,14-15,17-18,33-34,37-41,44-46H,3-10,13,16,19-32H2,1-2H3/b12-11-,15-14-,18-17-. The van der Waals surface area contributed by atoms with Crippen LogP contribution in [0.5, 0.6) is 0 Å². The Balaban J connectivity index is 2.33. The van der Waals surface area contributed by atoms with Gasteiger partial charge in [0.05, 0.1) is 13.2 Å². The molecule has 6 atom stereocenters. The van der Waals surface area contributed by atoms with Gasteiger partial charge in [0.2, 0.25) is 0 Å². The number of rotatable bonds is 31. The van der Waals surface area contributed by atoms with E-state index < -0.39 is 55.4 Å². The van der Waals surface area contributed by atoms with Crippen LogP contribution in [0.4, 0.5) is 0 Å². The second kappa shape index (κ2) is 31.6. The van der Waals surface area contributed by atoms with Gasteiger partial charge in [-0.15, -0.1) is 0 Å². The van der Waals surface area contributed by atoms with Crippen LogP contribution in [0.15, 0.2) is 36.5 Å². The molecule has 50 heavy (non-hydrogen) atoms. The van der Waals surface area contributed by atoms with Crippen molar-refractivity contribution >= 4 is 11.9 Å². The van der Waals surface area contributed by atoms with Gasteiger partial charge < -0.3 is 39.4 Å². The van der Waals surface area contributed by atoms with E-state index >= 15 is 0 Å². The lowest BCUT2D eigenvalue weighted by atomic mass is 9.99. The maximum atomic E-state index is 12.7. The fourth-order valence-corrected chi connectivity index (χ4v) is 5.60. The van der Waals surface area contributed by atoms with Crippen LogP contribution in [0, 0.1) is 0 Å². The maximum absolute atomic E-state index is 12.7. The molecule has 1 saturated heterocycles. The van der Waals surface area contributed by atoms with Gasteiger partial charge in [-0.05, 0) is 51.4 Å². The molecule has 0 aromatic rings. The monoisotopic (exact) mass is 710 g/mol. The van der Waals surface area contributed by atoms with Crippen LogP contribution >= 0.6 is 0 Å². The summed E-state index contributed by atoms with van der Waals surface area (Å²) in [5.41, 5.74) is 0. The molecule has 0 aromatic carbocycles. The number of hydrogen-bond acceptors (Lipinski definition) is 10. The Kier molecular flexibility index (Phi) is 29.1. The Hall–Kier alpha value is -2.08. The molecule has 0 radical (unpaired) electrons. The van der Waals surface area contributed by atoms with E-state index in [9.17, 15) is 30.0 Å². The molecule has 1 rings (SSSR count). The van der Waals surface area contributed by atoms with Crippen molar-refractivity contribution in [2.45, 2.75) is 185 Å². The molecule has 0 bridgehead atoms. The number of hydrogen-bond donors (Lipinski definition) is 4. The van der Waals surface area contributed by atoms with Gasteiger partial charge in [0.25, 0.3) is 0 Å². The topological polar surface area (TPSA) is 152 Å². The Labute approximate surface area is 302 Å². The number of carbonyl (C=O) groups excluding carboxylic acids is 2. The average Bonchev–Trinajstić information content (AvgIpc) is 3.11. The van der Waals surface area contributed by atoms with Gasteiger partial charge in [0.15, 0.2) is 12.4 Å². The third-order valence-corrected chi connectivity index (χ3v) is 8.78.